The zero-order chi connectivity index (χ0) is 13.0. The normalized spacial score (nSPS) is 12.2. The summed E-state index contributed by atoms with van der Waals surface area (Å²) in [6.45, 7) is 5.00. The molecule has 0 saturated heterocycles. The van der Waals surface area contributed by atoms with E-state index in [-0.39, 0.29) is 17.6 Å². The van der Waals surface area contributed by atoms with Gasteiger partial charge in [0, 0.05) is 13.6 Å². The van der Waals surface area contributed by atoms with Crippen LogP contribution in [0.2, 0.25) is 0 Å². The first kappa shape index (κ1) is 13.5. The van der Waals surface area contributed by atoms with Crippen LogP contribution in [0.25, 0.3) is 0 Å². The molecule has 0 heterocycles. The van der Waals surface area contributed by atoms with Crippen LogP contribution < -0.4 is 5.73 Å². The largest absolute Gasteiger partial charge is 0.507 e. The van der Waals surface area contributed by atoms with Crippen LogP contribution in [0.1, 0.15) is 22.8 Å². The predicted molar refractivity (Wildman–Crippen MR) is 68.0 cm³/mol. The van der Waals surface area contributed by atoms with Gasteiger partial charge in [0.25, 0.3) is 5.91 Å². The minimum absolute atomic E-state index is 0.0212. The van der Waals surface area contributed by atoms with Crippen LogP contribution in [0.3, 0.4) is 0 Å². The number of carbonyl (C=O) groups is 1. The summed E-state index contributed by atoms with van der Waals surface area (Å²) < 4.78 is 0. The molecular weight excluding hydrogens is 216 g/mol. The summed E-state index contributed by atoms with van der Waals surface area (Å²) in [5.74, 6) is 0.0928. The number of aromatic hydroxyl groups is 1. The van der Waals surface area contributed by atoms with Gasteiger partial charge >= 0.3 is 0 Å². The maximum Gasteiger partial charge on any atom is 0.257 e. The van der Waals surface area contributed by atoms with Crippen LogP contribution in [0.5, 0.6) is 5.75 Å². The van der Waals surface area contributed by atoms with Gasteiger partial charge in [-0.25, -0.2) is 0 Å². The Morgan fingerprint density at radius 3 is 2.76 bits per heavy atom. The lowest BCUT2D eigenvalue weighted by atomic mass is 10.1. The Hall–Kier alpha value is -1.55. The Morgan fingerprint density at radius 2 is 2.18 bits per heavy atom. The third-order valence-electron chi connectivity index (χ3n) is 2.72. The molecule has 1 atom stereocenters. The van der Waals surface area contributed by atoms with Crippen molar-refractivity contribution in [3.05, 3.63) is 29.3 Å². The van der Waals surface area contributed by atoms with Crippen LogP contribution in [0.4, 0.5) is 0 Å². The number of hydrogen-bond donors (Lipinski definition) is 2. The summed E-state index contributed by atoms with van der Waals surface area (Å²) in [6, 6.07) is 5.01. The van der Waals surface area contributed by atoms with E-state index in [4.69, 9.17) is 5.73 Å². The second-order valence-corrected chi connectivity index (χ2v) is 4.55. The first-order chi connectivity index (χ1) is 7.95. The van der Waals surface area contributed by atoms with E-state index in [1.807, 2.05) is 13.8 Å². The number of nitrogens with two attached hydrogens (primary N) is 1. The van der Waals surface area contributed by atoms with Crippen molar-refractivity contribution in [1.82, 2.24) is 4.90 Å². The molecule has 0 aromatic heterocycles. The molecule has 94 valence electrons. The molecule has 0 saturated carbocycles. The van der Waals surface area contributed by atoms with E-state index in [0.717, 1.165) is 5.56 Å². The lowest BCUT2D eigenvalue weighted by molar-refractivity contribution is 0.0774. The number of hydrogen-bond acceptors (Lipinski definition) is 3. The van der Waals surface area contributed by atoms with Gasteiger partial charge in [-0.1, -0.05) is 18.6 Å². The van der Waals surface area contributed by atoms with Crippen molar-refractivity contribution in [2.24, 2.45) is 11.7 Å². The minimum Gasteiger partial charge on any atom is -0.507 e. The maximum atomic E-state index is 12.1. The number of nitrogens with zero attached hydrogens (tertiary/aromatic N) is 1. The molecule has 1 aromatic carbocycles. The summed E-state index contributed by atoms with van der Waals surface area (Å²) in [5, 5.41) is 9.67. The van der Waals surface area contributed by atoms with Crippen molar-refractivity contribution in [1.29, 1.82) is 0 Å². The fourth-order valence-electron chi connectivity index (χ4n) is 1.65. The number of benzene rings is 1. The number of aryl methyl sites for hydroxylation is 1. The molecule has 1 amide bonds. The molecule has 0 spiro atoms. The van der Waals surface area contributed by atoms with Gasteiger partial charge in [0.2, 0.25) is 0 Å². The van der Waals surface area contributed by atoms with Gasteiger partial charge in [-0.3, -0.25) is 4.79 Å². The zero-order valence-electron chi connectivity index (χ0n) is 10.6. The Morgan fingerprint density at radius 1 is 1.53 bits per heavy atom. The van der Waals surface area contributed by atoms with Gasteiger partial charge in [0.1, 0.15) is 5.75 Å². The molecule has 3 N–H and O–H groups in total. The van der Waals surface area contributed by atoms with E-state index in [1.165, 1.54) is 0 Å². The van der Waals surface area contributed by atoms with E-state index in [9.17, 15) is 9.90 Å². The Labute approximate surface area is 102 Å². The highest BCUT2D eigenvalue weighted by atomic mass is 16.3. The number of amides is 1. The summed E-state index contributed by atoms with van der Waals surface area (Å²) in [7, 11) is 1.72. The summed E-state index contributed by atoms with van der Waals surface area (Å²) in [6.07, 6.45) is 0. The summed E-state index contributed by atoms with van der Waals surface area (Å²) in [5.41, 5.74) is 6.82. The molecule has 0 aliphatic rings. The maximum absolute atomic E-state index is 12.1. The van der Waals surface area contributed by atoms with Crippen LogP contribution in [-0.4, -0.2) is 36.1 Å². The fourth-order valence-corrected chi connectivity index (χ4v) is 1.65. The molecule has 1 unspecified atom stereocenters. The quantitative estimate of drug-likeness (QED) is 0.829. The average molecular weight is 236 g/mol. The average Bonchev–Trinajstić information content (AvgIpc) is 2.31. The molecular formula is C13H20N2O2. The van der Waals surface area contributed by atoms with E-state index in [0.29, 0.717) is 18.7 Å². The molecule has 0 aliphatic carbocycles. The smallest absolute Gasteiger partial charge is 0.257 e. The van der Waals surface area contributed by atoms with Crippen molar-refractivity contribution in [3.63, 3.8) is 0 Å². The van der Waals surface area contributed by atoms with Gasteiger partial charge in [0.05, 0.1) is 5.56 Å². The third-order valence-corrected chi connectivity index (χ3v) is 2.72. The highest BCUT2D eigenvalue weighted by molar-refractivity contribution is 5.96. The van der Waals surface area contributed by atoms with Crippen LogP contribution >= 0.6 is 0 Å². The Kier molecular flexibility index (Phi) is 4.52. The highest BCUT2D eigenvalue weighted by Gasteiger charge is 2.17. The van der Waals surface area contributed by atoms with Gasteiger partial charge in [-0.05, 0) is 31.5 Å². The van der Waals surface area contributed by atoms with Crippen LogP contribution in [-0.2, 0) is 0 Å². The summed E-state index contributed by atoms with van der Waals surface area (Å²) in [4.78, 5) is 13.7. The molecule has 1 rings (SSSR count). The number of rotatable bonds is 4. The molecule has 1 aromatic rings. The second-order valence-electron chi connectivity index (χ2n) is 4.55. The van der Waals surface area contributed by atoms with Crippen molar-refractivity contribution < 1.29 is 9.90 Å². The van der Waals surface area contributed by atoms with Gasteiger partial charge in [0.15, 0.2) is 0 Å². The first-order valence-corrected chi connectivity index (χ1v) is 5.70. The van der Waals surface area contributed by atoms with Gasteiger partial charge < -0.3 is 15.7 Å². The van der Waals surface area contributed by atoms with E-state index in [2.05, 4.69) is 0 Å². The topological polar surface area (TPSA) is 66.6 Å². The zero-order valence-corrected chi connectivity index (χ0v) is 10.6. The monoisotopic (exact) mass is 236 g/mol. The second kappa shape index (κ2) is 5.68. The van der Waals surface area contributed by atoms with Crippen molar-refractivity contribution in [2.75, 3.05) is 20.1 Å². The van der Waals surface area contributed by atoms with E-state index >= 15 is 0 Å². The molecule has 0 radical (unpaired) electrons. The number of carbonyl (C=O) groups excluding carboxylic acids is 1. The minimum atomic E-state index is -0.175. The molecule has 0 fully saturated rings. The van der Waals surface area contributed by atoms with Gasteiger partial charge in [-0.2, -0.15) is 0 Å². The van der Waals surface area contributed by atoms with Gasteiger partial charge in [-0.15, -0.1) is 0 Å². The fraction of sp³-hybridized carbons (Fsp3) is 0.462. The van der Waals surface area contributed by atoms with Crippen molar-refractivity contribution in [2.45, 2.75) is 13.8 Å². The Bertz CT molecular complexity index is 404. The standard InChI is InChI=1S/C13H20N2O2/c1-9-4-5-12(16)11(6-9)13(17)15(3)8-10(2)7-14/h4-6,10,16H,7-8,14H2,1-3H3. The molecule has 0 aliphatic heterocycles. The van der Waals surface area contributed by atoms with Crippen molar-refractivity contribution in [3.8, 4) is 5.75 Å². The SMILES string of the molecule is Cc1ccc(O)c(C(=O)N(C)CC(C)CN)c1. The van der Waals surface area contributed by atoms with Crippen LogP contribution in [0.15, 0.2) is 18.2 Å². The number of phenols is 1. The lowest BCUT2D eigenvalue weighted by Crippen LogP contribution is -2.33. The Balaban J connectivity index is 2.85. The predicted octanol–water partition coefficient (Wildman–Crippen LogP) is 1.37. The molecule has 4 nitrogen and oxygen atoms in total. The first-order valence-electron chi connectivity index (χ1n) is 5.70. The van der Waals surface area contributed by atoms with E-state index in [1.54, 1.807) is 30.1 Å². The van der Waals surface area contributed by atoms with E-state index < -0.39 is 0 Å². The lowest BCUT2D eigenvalue weighted by Gasteiger charge is -2.21. The van der Waals surface area contributed by atoms with Crippen molar-refractivity contribution >= 4 is 5.91 Å². The molecule has 17 heavy (non-hydrogen) atoms. The third kappa shape index (κ3) is 3.46. The molecule has 4 heteroatoms. The number of phenolic OH excluding ortho intramolecular Hbond substituents is 1. The summed E-state index contributed by atoms with van der Waals surface area (Å²) >= 11 is 0. The van der Waals surface area contributed by atoms with Crippen LogP contribution in [0, 0.1) is 12.8 Å². The molecule has 0 bridgehead atoms. The highest BCUT2D eigenvalue weighted by Crippen LogP contribution is 2.19.